The van der Waals surface area contributed by atoms with Crippen LogP contribution in [0.25, 0.3) is 0 Å². The van der Waals surface area contributed by atoms with Crippen LogP contribution < -0.4 is 32.3 Å². The molecule has 1 aliphatic carbocycles. The Balaban J connectivity index is 1.20. The number of likely N-dealkylation sites (N-methyl/N-ethyl adjacent to an activating group) is 1. The Morgan fingerprint density at radius 2 is 1.60 bits per heavy atom. The molecule has 0 bridgehead atoms. The molecule has 8 amide bonds. The highest BCUT2D eigenvalue weighted by Gasteiger charge is 2.51. The maximum absolute atomic E-state index is 13.8. The molecule has 20 nitrogen and oxygen atoms in total. The fourth-order valence-electron chi connectivity index (χ4n) is 7.46. The van der Waals surface area contributed by atoms with Crippen molar-refractivity contribution < 1.29 is 52.9 Å². The van der Waals surface area contributed by atoms with E-state index in [0.29, 0.717) is 88.9 Å². The second-order valence-electron chi connectivity index (χ2n) is 15.6. The van der Waals surface area contributed by atoms with Crippen LogP contribution in [0.2, 0.25) is 0 Å². The first-order valence-corrected chi connectivity index (χ1v) is 20.6. The summed E-state index contributed by atoms with van der Waals surface area (Å²) in [4.78, 5) is 107. The lowest BCUT2D eigenvalue weighted by Crippen LogP contribution is -2.58. The molecule has 4 atom stereocenters. The van der Waals surface area contributed by atoms with Crippen LogP contribution in [0.3, 0.4) is 0 Å². The van der Waals surface area contributed by atoms with E-state index in [2.05, 4.69) is 31.5 Å². The number of piperazine rings is 1. The first-order chi connectivity index (χ1) is 28.8. The van der Waals surface area contributed by atoms with Crippen LogP contribution in [-0.4, -0.2) is 152 Å². The number of primary amides is 1. The lowest BCUT2D eigenvalue weighted by atomic mass is 9.67. The number of hydrogen-bond acceptors (Lipinski definition) is 13. The summed E-state index contributed by atoms with van der Waals surface area (Å²) in [5.74, 6) is -2.76. The first-order valence-electron chi connectivity index (χ1n) is 20.6. The van der Waals surface area contributed by atoms with Crippen LogP contribution in [0, 0.1) is 5.41 Å². The summed E-state index contributed by atoms with van der Waals surface area (Å²) in [7, 11) is 1.95. The van der Waals surface area contributed by atoms with Crippen molar-refractivity contribution >= 4 is 53.3 Å². The monoisotopic (exact) mass is 839 g/mol. The molecule has 4 aliphatic rings. The molecular weight excluding hydrogens is 782 g/mol. The quantitative estimate of drug-likeness (QED) is 0.0383. The molecule has 0 spiro atoms. The smallest absolute Gasteiger partial charge is 0.430 e. The van der Waals surface area contributed by atoms with Gasteiger partial charge >= 0.3 is 12.2 Å². The average Bonchev–Trinajstić information content (AvgIpc) is 3.80. The van der Waals surface area contributed by atoms with Crippen molar-refractivity contribution in [3.05, 3.63) is 42.0 Å². The SMILES string of the molecule is CN1CCN(C(=O)C(OC(=O)O[C@H]2CN[C@H](CO)C2)c2ccc(NC(=O)C(CCCNC(N)=O)NC(=O)C3(C(=O)NCCCCCN4C(=O)C=CC4=O)CCC3)cc2)CC1. The highest BCUT2D eigenvalue weighted by Crippen LogP contribution is 2.41. The molecule has 0 radical (unpaired) electrons. The zero-order valence-electron chi connectivity index (χ0n) is 34.0. The van der Waals surface area contributed by atoms with Crippen molar-refractivity contribution in [1.82, 2.24) is 36.0 Å². The van der Waals surface area contributed by atoms with Gasteiger partial charge in [0.1, 0.15) is 17.6 Å². The van der Waals surface area contributed by atoms with Crippen LogP contribution in [0.5, 0.6) is 0 Å². The van der Waals surface area contributed by atoms with Crippen molar-refractivity contribution in [2.24, 2.45) is 11.1 Å². The van der Waals surface area contributed by atoms with E-state index >= 15 is 0 Å². The second kappa shape index (κ2) is 21.6. The minimum atomic E-state index is -1.37. The summed E-state index contributed by atoms with van der Waals surface area (Å²) in [5.41, 5.74) is 4.48. The summed E-state index contributed by atoms with van der Waals surface area (Å²) in [6, 6.07) is 4.08. The van der Waals surface area contributed by atoms with Crippen molar-refractivity contribution in [2.75, 3.05) is 71.3 Å². The summed E-state index contributed by atoms with van der Waals surface area (Å²) in [6.45, 7) is 3.05. The number of nitrogens with zero attached hydrogens (tertiary/aromatic N) is 3. The Morgan fingerprint density at radius 1 is 0.917 bits per heavy atom. The van der Waals surface area contributed by atoms with Gasteiger partial charge in [0.2, 0.25) is 23.8 Å². The fourth-order valence-corrected chi connectivity index (χ4v) is 7.46. The van der Waals surface area contributed by atoms with Crippen molar-refractivity contribution in [1.29, 1.82) is 0 Å². The normalized spacial score (nSPS) is 20.8. The number of carbonyl (C=O) groups excluding carboxylic acids is 8. The largest absolute Gasteiger partial charge is 0.509 e. The van der Waals surface area contributed by atoms with Crippen LogP contribution in [0.1, 0.15) is 69.5 Å². The van der Waals surface area contributed by atoms with E-state index < -0.39 is 59.5 Å². The number of nitrogens with two attached hydrogens (primary N) is 1. The molecule has 2 saturated heterocycles. The van der Waals surface area contributed by atoms with Gasteiger partial charge in [0, 0.05) is 88.2 Å². The number of unbranched alkanes of at least 4 members (excludes halogenated alkanes) is 2. The molecule has 20 heteroatoms. The minimum Gasteiger partial charge on any atom is -0.430 e. The molecule has 2 unspecified atom stereocenters. The van der Waals surface area contributed by atoms with E-state index in [1.807, 2.05) is 7.05 Å². The van der Waals surface area contributed by atoms with E-state index in [-0.39, 0.29) is 56.9 Å². The van der Waals surface area contributed by atoms with Crippen molar-refractivity contribution in [3.8, 4) is 0 Å². The summed E-state index contributed by atoms with van der Waals surface area (Å²) < 4.78 is 11.1. The number of carbonyl (C=O) groups is 8. The molecule has 3 aliphatic heterocycles. The molecule has 5 rings (SSSR count). The maximum Gasteiger partial charge on any atom is 0.509 e. The van der Waals surface area contributed by atoms with E-state index in [0.717, 1.165) is 4.90 Å². The Morgan fingerprint density at radius 3 is 2.22 bits per heavy atom. The van der Waals surface area contributed by atoms with Gasteiger partial charge in [-0.1, -0.05) is 18.6 Å². The fraction of sp³-hybridized carbons (Fsp3) is 0.600. The summed E-state index contributed by atoms with van der Waals surface area (Å²) in [6.07, 6.45) is 3.29. The van der Waals surface area contributed by atoms with Gasteiger partial charge in [-0.05, 0) is 64.1 Å². The lowest BCUT2D eigenvalue weighted by molar-refractivity contribution is -0.151. The van der Waals surface area contributed by atoms with Crippen molar-refractivity contribution in [2.45, 2.75) is 82.1 Å². The minimum absolute atomic E-state index is 0.0955. The number of ether oxygens (including phenoxy) is 2. The highest BCUT2D eigenvalue weighted by molar-refractivity contribution is 6.13. The van der Waals surface area contributed by atoms with Gasteiger partial charge in [0.15, 0.2) is 0 Å². The molecule has 0 aromatic heterocycles. The number of anilines is 1. The summed E-state index contributed by atoms with van der Waals surface area (Å²) in [5, 5.41) is 23.3. The number of aliphatic hydroxyl groups excluding tert-OH is 1. The average molecular weight is 840 g/mol. The van der Waals surface area contributed by atoms with E-state index in [1.54, 1.807) is 17.0 Å². The van der Waals surface area contributed by atoms with Crippen molar-refractivity contribution in [3.63, 3.8) is 0 Å². The van der Waals surface area contributed by atoms with Gasteiger partial charge in [0.05, 0.1) is 6.61 Å². The van der Waals surface area contributed by atoms with Crippen LogP contribution in [0.15, 0.2) is 36.4 Å². The molecule has 3 heterocycles. The van der Waals surface area contributed by atoms with Gasteiger partial charge in [0.25, 0.3) is 17.7 Å². The molecule has 60 heavy (non-hydrogen) atoms. The van der Waals surface area contributed by atoms with Crippen LogP contribution in [-0.2, 0) is 38.2 Å². The van der Waals surface area contributed by atoms with E-state index in [9.17, 15) is 43.5 Å². The molecule has 8 N–H and O–H groups in total. The third kappa shape index (κ3) is 12.2. The van der Waals surface area contributed by atoms with Crippen LogP contribution >= 0.6 is 0 Å². The maximum atomic E-state index is 13.8. The van der Waals surface area contributed by atoms with Gasteiger partial charge in [-0.15, -0.1) is 0 Å². The number of urea groups is 1. The zero-order chi connectivity index (χ0) is 43.2. The predicted molar refractivity (Wildman–Crippen MR) is 214 cm³/mol. The molecule has 3 fully saturated rings. The van der Waals surface area contributed by atoms with Gasteiger partial charge in [-0.2, -0.15) is 0 Å². The standard InChI is InChI=1S/C40H57N9O11/c1-47-19-21-48(22-20-47)35(54)33(60-39(58)59-29-23-28(25-50)44-24-29)26-8-10-27(11-9-26)45-34(53)30(7-5-17-43-38(41)57)46-37(56)40(14-6-15-40)36(55)42-16-3-2-4-18-49-31(51)12-13-32(49)52/h8-13,28-30,33,44,50H,2-7,14-25H2,1H3,(H,42,55)(H,45,53)(H,46,56)(H3,41,43,57)/t28-,29+,30?,33?/m0/s1. The Hall–Kier alpha value is -5.60. The third-order valence-electron chi connectivity index (χ3n) is 11.3. The zero-order valence-corrected chi connectivity index (χ0v) is 34.0. The molecule has 1 aromatic rings. The van der Waals surface area contributed by atoms with Gasteiger partial charge in [-0.3, -0.25) is 33.7 Å². The number of rotatable bonds is 20. The third-order valence-corrected chi connectivity index (χ3v) is 11.3. The second-order valence-corrected chi connectivity index (χ2v) is 15.6. The Kier molecular flexibility index (Phi) is 16.4. The van der Waals surface area contributed by atoms with E-state index in [4.69, 9.17) is 15.2 Å². The molecule has 1 saturated carbocycles. The lowest BCUT2D eigenvalue weighted by Gasteiger charge is -2.39. The Bertz CT molecular complexity index is 1740. The van der Waals surface area contributed by atoms with Crippen LogP contribution in [0.4, 0.5) is 15.3 Å². The molecule has 328 valence electrons. The number of benzene rings is 1. The number of imide groups is 1. The Labute approximate surface area is 348 Å². The highest BCUT2D eigenvalue weighted by atomic mass is 16.7. The molecular formula is C40H57N9O11. The first kappa shape index (κ1) is 45.5. The van der Waals surface area contributed by atoms with E-state index in [1.165, 1.54) is 24.3 Å². The molecule has 1 aromatic carbocycles. The predicted octanol–water partition coefficient (Wildman–Crippen LogP) is -0.369. The summed E-state index contributed by atoms with van der Waals surface area (Å²) >= 11 is 0. The number of aliphatic hydroxyl groups is 1. The van der Waals surface area contributed by atoms with Gasteiger partial charge < -0.3 is 56.7 Å². The number of amides is 8. The number of nitrogens with one attached hydrogen (secondary N) is 5. The van der Waals surface area contributed by atoms with Gasteiger partial charge in [-0.25, -0.2) is 9.59 Å². The topological polar surface area (TPSA) is 271 Å². The number of hydrogen-bond donors (Lipinski definition) is 7.